The van der Waals surface area contributed by atoms with Crippen LogP contribution in [0.3, 0.4) is 0 Å². The summed E-state index contributed by atoms with van der Waals surface area (Å²) in [6.45, 7) is 18.4. The van der Waals surface area contributed by atoms with Gasteiger partial charge in [0.25, 0.3) is 0 Å². The number of fused-ring (bicyclic) bond motifs is 1. The Morgan fingerprint density at radius 2 is 1.38 bits per heavy atom. The quantitative estimate of drug-likeness (QED) is 0.244. The molecular weight excluding hydrogens is 552 g/mol. The van der Waals surface area contributed by atoms with Crippen molar-refractivity contribution in [3.8, 4) is 0 Å². The van der Waals surface area contributed by atoms with Gasteiger partial charge in [-0.05, 0) is 5.92 Å². The Morgan fingerprint density at radius 1 is 0.958 bits per heavy atom. The van der Waals surface area contributed by atoms with Crippen LogP contribution in [0.15, 0.2) is 24.3 Å². The second kappa shape index (κ2) is 14.6. The Morgan fingerprint density at radius 3 is 1.71 bits per heavy atom. The van der Waals surface area contributed by atoms with E-state index in [9.17, 15) is 0 Å². The molecule has 1 saturated carbocycles. The topological polar surface area (TPSA) is 14.1 Å². The van der Waals surface area contributed by atoms with Gasteiger partial charge < -0.3 is 11.1 Å². The zero-order chi connectivity index (χ0) is 17.4. The summed E-state index contributed by atoms with van der Waals surface area (Å²) in [6.07, 6.45) is 14.1. The van der Waals surface area contributed by atoms with Crippen molar-refractivity contribution in [3.05, 3.63) is 35.4 Å². The molecule has 2 aliphatic rings. The van der Waals surface area contributed by atoms with Gasteiger partial charge in [0.05, 0.1) is 0 Å². The van der Waals surface area contributed by atoms with E-state index in [2.05, 4.69) is 83.1 Å². The first-order valence-electron chi connectivity index (χ1n) is 8.35. The van der Waals surface area contributed by atoms with Gasteiger partial charge in [-0.2, -0.15) is 6.42 Å². The molecule has 0 saturated heterocycles. The fourth-order valence-corrected chi connectivity index (χ4v) is 10.7. The largest absolute Gasteiger partial charge is 0.147 e. The van der Waals surface area contributed by atoms with E-state index < -0.39 is 16.5 Å². The number of hydrogen-bond acceptors (Lipinski definition) is 0. The molecule has 0 spiro atoms. The molecule has 2 atom stereocenters. The number of allylic oxidation sites excluding steroid dienone is 4. The van der Waals surface area contributed by atoms with E-state index in [1.807, 2.05) is 0 Å². The Balaban J connectivity index is -0.000000283. The van der Waals surface area contributed by atoms with Gasteiger partial charge in [0.1, 0.15) is 0 Å². The first kappa shape index (κ1) is 30.3. The number of halogens is 2. The standard InChI is InChI=1S/C9H11.C6H18NSi2.C2H6Si.2ClH.Hf/c1-2-5-9-7-3-6-8(9)4-1;1-8(2,3)7-9(4,5)6;1-3-2;;;/h1-2,4-6,8-9H,3,7H2;1-6H3;1-2H3;2*1H;/q2*-1;;;;+2. The summed E-state index contributed by atoms with van der Waals surface area (Å²) < 4.78 is 4.82. The molecule has 2 rings (SSSR count). The van der Waals surface area contributed by atoms with Crippen LogP contribution < -0.4 is 0 Å². The van der Waals surface area contributed by atoms with Gasteiger partial charge >= 0.3 is 41.6 Å². The smallest absolute Gasteiger partial charge is 0.147 e. The maximum atomic E-state index is 4.82. The Kier molecular flexibility index (Phi) is 18.4. The average Bonchev–Trinajstić information content (AvgIpc) is 2.71. The monoisotopic (exact) mass is 589 g/mol. The zero-order valence-corrected chi connectivity index (χ0v) is 24.9. The summed E-state index contributed by atoms with van der Waals surface area (Å²) in [4.78, 5) is 0. The molecule has 0 aromatic rings. The molecule has 2 aliphatic carbocycles. The van der Waals surface area contributed by atoms with Gasteiger partial charge in [0.2, 0.25) is 0 Å². The molecule has 0 bridgehead atoms. The van der Waals surface area contributed by atoms with Crippen LogP contribution in [0.25, 0.3) is 4.65 Å². The third-order valence-corrected chi connectivity index (χ3v) is 8.27. The van der Waals surface area contributed by atoms with E-state index in [1.165, 1.54) is 35.8 Å². The van der Waals surface area contributed by atoms with Crippen LogP contribution in [0.5, 0.6) is 0 Å². The number of nitrogens with zero attached hydrogens (tertiary/aromatic N) is 1. The third-order valence-electron chi connectivity index (χ3n) is 2.91. The summed E-state index contributed by atoms with van der Waals surface area (Å²) in [5.74, 6) is 1.62. The average molecular weight is 589 g/mol. The molecule has 1 nitrogen and oxygen atoms in total. The van der Waals surface area contributed by atoms with Gasteiger partial charge in [-0.3, -0.25) is 0 Å². The molecular formula is C17H37Cl2HfNSi3. The van der Waals surface area contributed by atoms with Crippen LogP contribution in [-0.2, 0) is 23.0 Å². The second-order valence-corrected chi connectivity index (χ2v) is 30.6. The van der Waals surface area contributed by atoms with Crippen molar-refractivity contribution < 1.29 is 23.0 Å². The molecule has 0 aromatic carbocycles. The zero-order valence-electron chi connectivity index (χ0n) is 16.7. The van der Waals surface area contributed by atoms with Crippen molar-refractivity contribution in [1.29, 1.82) is 0 Å². The van der Waals surface area contributed by atoms with Crippen LogP contribution in [0.1, 0.15) is 12.8 Å². The summed E-state index contributed by atoms with van der Waals surface area (Å²) >= 11 is 1.45. The van der Waals surface area contributed by atoms with Crippen molar-refractivity contribution in [2.75, 3.05) is 0 Å². The Labute approximate surface area is 181 Å². The van der Waals surface area contributed by atoms with Crippen LogP contribution in [0.2, 0.25) is 52.4 Å². The maximum Gasteiger partial charge on any atom is -0.147 e. The van der Waals surface area contributed by atoms with Gasteiger partial charge in [-0.15, -0.1) is 36.8 Å². The molecule has 0 aliphatic heterocycles. The van der Waals surface area contributed by atoms with E-state index in [4.69, 9.17) is 4.65 Å². The normalized spacial score (nSPS) is 21.1. The summed E-state index contributed by atoms with van der Waals surface area (Å²) in [6, 6.07) is 0. The van der Waals surface area contributed by atoms with Gasteiger partial charge in [-0.25, -0.2) is 0 Å². The van der Waals surface area contributed by atoms with Crippen molar-refractivity contribution >= 4 is 46.8 Å². The van der Waals surface area contributed by atoms with Crippen LogP contribution in [0, 0.1) is 18.3 Å². The summed E-state index contributed by atoms with van der Waals surface area (Å²) in [5.41, 5.74) is 0.259. The van der Waals surface area contributed by atoms with E-state index in [1.54, 1.807) is 0 Å². The molecule has 24 heavy (non-hydrogen) atoms. The minimum absolute atomic E-state index is 0. The van der Waals surface area contributed by atoms with E-state index in [0.717, 1.165) is 11.8 Å². The molecule has 0 amide bonds. The third kappa shape index (κ3) is 19.9. The minimum Gasteiger partial charge on any atom is -0.147 e. The molecule has 140 valence electrons. The first-order valence-corrected chi connectivity index (χ1v) is 23.1. The summed E-state index contributed by atoms with van der Waals surface area (Å²) in [7, 11) is -2.21. The number of rotatable bonds is 2. The van der Waals surface area contributed by atoms with Gasteiger partial charge in [-0.1, -0.05) is 80.4 Å². The fraction of sp³-hybridized carbons (Fsp3) is 0.706. The molecule has 1 fully saturated rings. The predicted octanol–water partition coefficient (Wildman–Crippen LogP) is 7.00. The predicted molar refractivity (Wildman–Crippen MR) is 121 cm³/mol. The second-order valence-electron chi connectivity index (χ2n) is 8.28. The van der Waals surface area contributed by atoms with Crippen molar-refractivity contribution in [1.82, 2.24) is 0 Å². The van der Waals surface area contributed by atoms with Gasteiger partial charge in [0.15, 0.2) is 0 Å². The minimum atomic E-state index is -1.11. The molecule has 0 radical (unpaired) electrons. The van der Waals surface area contributed by atoms with Crippen molar-refractivity contribution in [2.24, 2.45) is 11.8 Å². The Bertz CT molecular complexity index is 368. The molecule has 0 aromatic heterocycles. The molecule has 0 N–H and O–H groups in total. The van der Waals surface area contributed by atoms with Crippen LogP contribution in [0.4, 0.5) is 0 Å². The van der Waals surface area contributed by atoms with E-state index >= 15 is 0 Å². The van der Waals surface area contributed by atoms with E-state index in [0.29, 0.717) is 0 Å². The van der Waals surface area contributed by atoms with Gasteiger partial charge in [0, 0.05) is 0 Å². The van der Waals surface area contributed by atoms with Crippen LogP contribution >= 0.6 is 24.8 Å². The maximum absolute atomic E-state index is 4.82. The first-order chi connectivity index (χ1) is 9.91. The number of hydrogen-bond donors (Lipinski definition) is 0. The van der Waals surface area contributed by atoms with Crippen molar-refractivity contribution in [3.63, 3.8) is 0 Å². The Hall–Kier alpha value is 1.54. The summed E-state index contributed by atoms with van der Waals surface area (Å²) in [5, 5.41) is 0. The van der Waals surface area contributed by atoms with Crippen molar-refractivity contribution in [2.45, 2.75) is 65.2 Å². The van der Waals surface area contributed by atoms with Crippen LogP contribution in [-0.4, -0.2) is 22.0 Å². The molecule has 7 heteroatoms. The fourth-order valence-electron chi connectivity index (χ4n) is 2.70. The van der Waals surface area contributed by atoms with E-state index in [-0.39, 0.29) is 30.3 Å². The molecule has 0 heterocycles. The molecule has 2 unspecified atom stereocenters. The SMILES string of the molecule is C1=CC2[CH-]CCC2C=C1.C[Si](C)(C)[N-][Si](C)(C)C.C[Si](C)=[Hf+2].Cl.Cl.